The van der Waals surface area contributed by atoms with Crippen molar-refractivity contribution >= 4 is 23.4 Å². The molecule has 27 heavy (non-hydrogen) atoms. The molecule has 1 aliphatic heterocycles. The predicted octanol–water partition coefficient (Wildman–Crippen LogP) is 3.32. The van der Waals surface area contributed by atoms with Crippen molar-refractivity contribution in [3.63, 3.8) is 0 Å². The number of benzene rings is 1. The van der Waals surface area contributed by atoms with Crippen LogP contribution in [-0.4, -0.2) is 54.9 Å². The number of likely N-dealkylation sites (N-methyl/N-ethyl adjacent to an activating group) is 1. The Labute approximate surface area is 163 Å². The normalized spacial score (nSPS) is 16.8. The van der Waals surface area contributed by atoms with E-state index in [-0.39, 0.29) is 17.7 Å². The number of ether oxygens (including phenoxy) is 1. The lowest BCUT2D eigenvalue weighted by molar-refractivity contribution is -0.135. The van der Waals surface area contributed by atoms with Crippen molar-refractivity contribution in [1.82, 2.24) is 9.80 Å². The Hall–Kier alpha value is -2.47. The lowest BCUT2D eigenvalue weighted by Gasteiger charge is -2.33. The third kappa shape index (κ3) is 4.83. The number of hydrogen-bond donors (Lipinski definition) is 0. The number of furan rings is 1. The van der Waals surface area contributed by atoms with Gasteiger partial charge in [0, 0.05) is 20.1 Å². The van der Waals surface area contributed by atoms with Crippen molar-refractivity contribution in [2.24, 2.45) is 5.92 Å². The van der Waals surface area contributed by atoms with Gasteiger partial charge in [-0.1, -0.05) is 23.7 Å². The zero-order chi connectivity index (χ0) is 19.2. The molecule has 0 spiro atoms. The summed E-state index contributed by atoms with van der Waals surface area (Å²) >= 11 is 6.06. The molecule has 2 aromatic rings. The first kappa shape index (κ1) is 19.3. The molecule has 2 heterocycles. The minimum Gasteiger partial charge on any atom is -0.490 e. The summed E-state index contributed by atoms with van der Waals surface area (Å²) in [5, 5.41) is 0.547. The number of rotatable bonds is 6. The molecule has 1 aromatic heterocycles. The van der Waals surface area contributed by atoms with E-state index in [1.165, 1.54) is 6.26 Å². The third-order valence-electron chi connectivity index (χ3n) is 4.69. The van der Waals surface area contributed by atoms with Crippen LogP contribution in [0.5, 0.6) is 5.75 Å². The molecule has 0 saturated carbocycles. The van der Waals surface area contributed by atoms with Gasteiger partial charge in [-0.25, -0.2) is 0 Å². The average molecular weight is 391 g/mol. The van der Waals surface area contributed by atoms with E-state index in [1.54, 1.807) is 41.1 Å². The molecule has 0 bridgehead atoms. The number of amides is 2. The van der Waals surface area contributed by atoms with Gasteiger partial charge in [-0.3, -0.25) is 9.59 Å². The molecule has 1 fully saturated rings. The Kier molecular flexibility index (Phi) is 6.40. The first-order valence-corrected chi connectivity index (χ1v) is 9.39. The van der Waals surface area contributed by atoms with Crippen LogP contribution < -0.4 is 4.74 Å². The second-order valence-electron chi connectivity index (χ2n) is 6.61. The summed E-state index contributed by atoms with van der Waals surface area (Å²) in [6, 6.07) is 10.6. The zero-order valence-corrected chi connectivity index (χ0v) is 16.0. The SMILES string of the molecule is CN(CCOc1ccccc1Cl)C(=O)C1CCCN(C(=O)c2ccco2)C1. The smallest absolute Gasteiger partial charge is 0.289 e. The van der Waals surface area contributed by atoms with Crippen LogP contribution >= 0.6 is 11.6 Å². The van der Waals surface area contributed by atoms with E-state index in [0.717, 1.165) is 12.8 Å². The summed E-state index contributed by atoms with van der Waals surface area (Å²) in [7, 11) is 1.76. The van der Waals surface area contributed by atoms with Crippen LogP contribution in [0.4, 0.5) is 0 Å². The van der Waals surface area contributed by atoms with Gasteiger partial charge in [-0.05, 0) is 37.1 Å². The molecule has 0 radical (unpaired) electrons. The topological polar surface area (TPSA) is 63.0 Å². The van der Waals surface area contributed by atoms with Crippen LogP contribution in [0, 0.1) is 5.92 Å². The number of carbonyl (C=O) groups is 2. The fraction of sp³-hybridized carbons (Fsp3) is 0.400. The highest BCUT2D eigenvalue weighted by atomic mass is 35.5. The number of para-hydroxylation sites is 1. The van der Waals surface area contributed by atoms with E-state index in [1.807, 2.05) is 12.1 Å². The van der Waals surface area contributed by atoms with Crippen molar-refractivity contribution in [1.29, 1.82) is 0 Å². The van der Waals surface area contributed by atoms with Crippen LogP contribution in [0.25, 0.3) is 0 Å². The van der Waals surface area contributed by atoms with Gasteiger partial charge in [0.2, 0.25) is 5.91 Å². The molecule has 0 N–H and O–H groups in total. The fourth-order valence-corrected chi connectivity index (χ4v) is 3.39. The maximum atomic E-state index is 12.7. The second-order valence-corrected chi connectivity index (χ2v) is 7.01. The zero-order valence-electron chi connectivity index (χ0n) is 15.3. The van der Waals surface area contributed by atoms with Crippen LogP contribution in [0.1, 0.15) is 23.4 Å². The van der Waals surface area contributed by atoms with E-state index < -0.39 is 0 Å². The molecule has 2 amide bonds. The highest BCUT2D eigenvalue weighted by Gasteiger charge is 2.31. The van der Waals surface area contributed by atoms with Crippen LogP contribution in [-0.2, 0) is 4.79 Å². The van der Waals surface area contributed by atoms with Gasteiger partial charge in [-0.15, -0.1) is 0 Å². The summed E-state index contributed by atoms with van der Waals surface area (Å²) in [6.07, 6.45) is 3.05. The first-order chi connectivity index (χ1) is 13.1. The molecule has 7 heteroatoms. The van der Waals surface area contributed by atoms with Crippen molar-refractivity contribution in [2.75, 3.05) is 33.3 Å². The number of hydrogen-bond acceptors (Lipinski definition) is 4. The quantitative estimate of drug-likeness (QED) is 0.759. The number of carbonyl (C=O) groups excluding carboxylic acids is 2. The summed E-state index contributed by atoms with van der Waals surface area (Å²) in [6.45, 7) is 1.86. The van der Waals surface area contributed by atoms with Crippen LogP contribution in [0.15, 0.2) is 47.1 Å². The number of likely N-dealkylation sites (tertiary alicyclic amines) is 1. The van der Waals surface area contributed by atoms with Gasteiger partial charge in [0.25, 0.3) is 5.91 Å². The van der Waals surface area contributed by atoms with Gasteiger partial charge in [0.1, 0.15) is 12.4 Å². The van der Waals surface area contributed by atoms with Gasteiger partial charge in [0.15, 0.2) is 5.76 Å². The molecule has 3 rings (SSSR count). The average Bonchev–Trinajstić information content (AvgIpc) is 3.23. The Morgan fingerprint density at radius 3 is 2.85 bits per heavy atom. The molecule has 1 unspecified atom stereocenters. The summed E-state index contributed by atoms with van der Waals surface area (Å²) < 4.78 is 10.8. The second kappa shape index (κ2) is 8.95. The van der Waals surface area contributed by atoms with Crippen LogP contribution in [0.3, 0.4) is 0 Å². The van der Waals surface area contributed by atoms with Crippen LogP contribution in [0.2, 0.25) is 5.02 Å². The van der Waals surface area contributed by atoms with E-state index >= 15 is 0 Å². The molecule has 1 atom stereocenters. The van der Waals surface area contributed by atoms with Crippen molar-refractivity contribution in [2.45, 2.75) is 12.8 Å². The minimum absolute atomic E-state index is 0.0229. The summed E-state index contributed by atoms with van der Waals surface area (Å²) in [5.41, 5.74) is 0. The number of piperidine rings is 1. The molecule has 1 saturated heterocycles. The Balaban J connectivity index is 1.50. The molecular weight excluding hydrogens is 368 g/mol. The highest BCUT2D eigenvalue weighted by molar-refractivity contribution is 6.32. The predicted molar refractivity (Wildman–Crippen MR) is 102 cm³/mol. The maximum absolute atomic E-state index is 12.7. The largest absolute Gasteiger partial charge is 0.490 e. The maximum Gasteiger partial charge on any atom is 0.289 e. The van der Waals surface area contributed by atoms with E-state index in [9.17, 15) is 9.59 Å². The standard InChI is InChI=1S/C20H23ClN2O4/c1-22(11-13-27-17-8-3-2-7-16(17)21)19(24)15-6-4-10-23(14-15)20(25)18-9-5-12-26-18/h2-3,5,7-9,12,15H,4,6,10-11,13-14H2,1H3. The van der Waals surface area contributed by atoms with E-state index in [4.69, 9.17) is 20.8 Å². The Morgan fingerprint density at radius 2 is 2.11 bits per heavy atom. The van der Waals surface area contributed by atoms with E-state index in [2.05, 4.69) is 0 Å². The Morgan fingerprint density at radius 1 is 1.30 bits per heavy atom. The molecule has 1 aliphatic rings. The monoisotopic (exact) mass is 390 g/mol. The number of halogens is 1. The van der Waals surface area contributed by atoms with Gasteiger partial charge in [0.05, 0.1) is 23.7 Å². The minimum atomic E-state index is -0.206. The lowest BCUT2D eigenvalue weighted by Crippen LogP contribution is -2.46. The molecule has 0 aliphatic carbocycles. The fourth-order valence-electron chi connectivity index (χ4n) is 3.20. The van der Waals surface area contributed by atoms with Gasteiger partial charge < -0.3 is 19.0 Å². The van der Waals surface area contributed by atoms with Gasteiger partial charge in [-0.2, -0.15) is 0 Å². The molecular formula is C20H23ClN2O4. The third-order valence-corrected chi connectivity index (χ3v) is 5.00. The van der Waals surface area contributed by atoms with Crippen molar-refractivity contribution in [3.05, 3.63) is 53.4 Å². The van der Waals surface area contributed by atoms with Crippen molar-refractivity contribution in [3.8, 4) is 5.75 Å². The van der Waals surface area contributed by atoms with Gasteiger partial charge >= 0.3 is 0 Å². The highest BCUT2D eigenvalue weighted by Crippen LogP contribution is 2.23. The summed E-state index contributed by atoms with van der Waals surface area (Å²) in [5.74, 6) is 0.567. The molecule has 6 nitrogen and oxygen atoms in total. The van der Waals surface area contributed by atoms with E-state index in [0.29, 0.717) is 42.8 Å². The molecule has 1 aromatic carbocycles. The lowest BCUT2D eigenvalue weighted by atomic mass is 9.96. The van der Waals surface area contributed by atoms with Crippen molar-refractivity contribution < 1.29 is 18.7 Å². The first-order valence-electron chi connectivity index (χ1n) is 9.01. The number of nitrogens with zero attached hydrogens (tertiary/aromatic N) is 2. The molecule has 144 valence electrons. The Bertz CT molecular complexity index is 778. The summed E-state index contributed by atoms with van der Waals surface area (Å²) in [4.78, 5) is 28.5.